The van der Waals surface area contributed by atoms with Crippen LogP contribution in [0.3, 0.4) is 0 Å². The van der Waals surface area contributed by atoms with Crippen LogP contribution in [0.5, 0.6) is 0 Å². The van der Waals surface area contributed by atoms with Crippen molar-refractivity contribution in [3.63, 3.8) is 0 Å². The third kappa shape index (κ3) is 6.16. The fourth-order valence-corrected chi connectivity index (χ4v) is 2.10. The van der Waals surface area contributed by atoms with Gasteiger partial charge in [0.1, 0.15) is 0 Å². The molecule has 1 aliphatic rings. The summed E-state index contributed by atoms with van der Waals surface area (Å²) in [5.41, 5.74) is 0. The quantitative estimate of drug-likeness (QED) is 0.702. The van der Waals surface area contributed by atoms with Crippen LogP contribution in [0, 0.1) is 5.92 Å². The van der Waals surface area contributed by atoms with Crippen LogP contribution >= 0.6 is 0 Å². The second kappa shape index (κ2) is 7.24. The normalized spacial score (nSPS) is 23.6. The van der Waals surface area contributed by atoms with Crippen molar-refractivity contribution >= 4 is 0 Å². The van der Waals surface area contributed by atoms with Crippen molar-refractivity contribution in [2.45, 2.75) is 65.0 Å². The molecule has 2 unspecified atom stereocenters. The Labute approximate surface area is 94.8 Å². The Kier molecular flexibility index (Phi) is 6.26. The summed E-state index contributed by atoms with van der Waals surface area (Å²) >= 11 is 0. The number of hydrogen-bond acceptors (Lipinski definition) is 2. The van der Waals surface area contributed by atoms with Gasteiger partial charge in [0.15, 0.2) is 0 Å². The van der Waals surface area contributed by atoms with Gasteiger partial charge in [-0.2, -0.15) is 0 Å². The van der Waals surface area contributed by atoms with Crippen LogP contribution in [0.15, 0.2) is 0 Å². The Hall–Kier alpha value is -0.0800. The van der Waals surface area contributed by atoms with Gasteiger partial charge in [0.2, 0.25) is 0 Å². The summed E-state index contributed by atoms with van der Waals surface area (Å²) in [6.45, 7) is 8.90. The first kappa shape index (κ1) is 13.0. The molecule has 2 heteroatoms. The van der Waals surface area contributed by atoms with Crippen molar-refractivity contribution in [1.82, 2.24) is 5.32 Å². The second-order valence-electron chi connectivity index (χ2n) is 5.23. The summed E-state index contributed by atoms with van der Waals surface area (Å²) in [4.78, 5) is 0. The molecule has 1 N–H and O–H groups in total. The smallest absolute Gasteiger partial charge is 0.0576 e. The maximum absolute atomic E-state index is 5.62. The van der Waals surface area contributed by atoms with Gasteiger partial charge >= 0.3 is 0 Å². The highest BCUT2D eigenvalue weighted by molar-refractivity contribution is 4.66. The topological polar surface area (TPSA) is 21.3 Å². The molecule has 90 valence electrons. The lowest BCUT2D eigenvalue weighted by molar-refractivity contribution is 0.101. The third-order valence-corrected chi connectivity index (χ3v) is 3.12. The van der Waals surface area contributed by atoms with Crippen molar-refractivity contribution in [2.24, 2.45) is 5.92 Å². The fourth-order valence-electron chi connectivity index (χ4n) is 2.10. The number of ether oxygens (including phenoxy) is 1. The summed E-state index contributed by atoms with van der Waals surface area (Å²) in [7, 11) is 0. The predicted molar refractivity (Wildman–Crippen MR) is 65.1 cm³/mol. The molecule has 0 aromatic heterocycles. The minimum absolute atomic E-state index is 0.579. The molecule has 0 spiro atoms. The minimum Gasteiger partial charge on any atom is -0.378 e. The highest BCUT2D eigenvalue weighted by Gasteiger charge is 2.15. The van der Waals surface area contributed by atoms with E-state index >= 15 is 0 Å². The summed E-state index contributed by atoms with van der Waals surface area (Å²) in [5, 5.41) is 3.49. The van der Waals surface area contributed by atoms with Gasteiger partial charge in [-0.25, -0.2) is 0 Å². The number of hydrogen-bond donors (Lipinski definition) is 1. The molecule has 0 bridgehead atoms. The van der Waals surface area contributed by atoms with E-state index in [4.69, 9.17) is 4.74 Å². The first-order valence-corrected chi connectivity index (χ1v) is 6.53. The van der Waals surface area contributed by atoms with Crippen LogP contribution in [-0.2, 0) is 4.74 Å². The molecule has 1 aliphatic heterocycles. The van der Waals surface area contributed by atoms with Crippen molar-refractivity contribution < 1.29 is 4.74 Å². The van der Waals surface area contributed by atoms with Gasteiger partial charge in [-0.1, -0.05) is 27.2 Å². The molecule has 1 rings (SSSR count). The van der Waals surface area contributed by atoms with Crippen LogP contribution in [-0.4, -0.2) is 25.3 Å². The molecule has 15 heavy (non-hydrogen) atoms. The Bertz CT molecular complexity index is 153. The van der Waals surface area contributed by atoms with Crippen LogP contribution < -0.4 is 5.32 Å². The van der Waals surface area contributed by atoms with E-state index in [1.54, 1.807) is 0 Å². The summed E-state index contributed by atoms with van der Waals surface area (Å²) in [6, 6.07) is 0.616. The molecule has 1 fully saturated rings. The lowest BCUT2D eigenvalue weighted by Crippen LogP contribution is -2.27. The Balaban J connectivity index is 1.93. The molecule has 0 aliphatic carbocycles. The van der Waals surface area contributed by atoms with E-state index in [1.807, 2.05) is 0 Å². The monoisotopic (exact) mass is 213 g/mol. The zero-order valence-electron chi connectivity index (χ0n) is 10.6. The molecule has 1 saturated heterocycles. The van der Waals surface area contributed by atoms with E-state index in [0.717, 1.165) is 19.1 Å². The molecule has 0 saturated carbocycles. The van der Waals surface area contributed by atoms with Gasteiger partial charge in [-0.05, 0) is 38.1 Å². The largest absolute Gasteiger partial charge is 0.378 e. The van der Waals surface area contributed by atoms with Gasteiger partial charge in [0, 0.05) is 12.6 Å². The van der Waals surface area contributed by atoms with Crippen LogP contribution in [0.4, 0.5) is 0 Å². The lowest BCUT2D eigenvalue weighted by Gasteiger charge is -2.15. The van der Waals surface area contributed by atoms with Crippen molar-refractivity contribution in [2.75, 3.05) is 13.2 Å². The Morgan fingerprint density at radius 1 is 1.33 bits per heavy atom. The SMILES string of the molecule is CC(CCCC1CCCO1)CNC(C)C. The standard InChI is InChI=1S/C13H27NO/c1-11(2)14-10-12(3)6-4-7-13-8-5-9-15-13/h11-14H,4-10H2,1-3H3. The predicted octanol–water partition coefficient (Wildman–Crippen LogP) is 2.97. The van der Waals surface area contributed by atoms with Gasteiger partial charge in [0.05, 0.1) is 6.10 Å². The zero-order chi connectivity index (χ0) is 11.1. The first-order valence-electron chi connectivity index (χ1n) is 6.53. The molecule has 2 atom stereocenters. The minimum atomic E-state index is 0.579. The molecule has 1 heterocycles. The lowest BCUT2D eigenvalue weighted by atomic mass is 10.0. The summed E-state index contributed by atoms with van der Waals surface area (Å²) in [5.74, 6) is 0.800. The van der Waals surface area contributed by atoms with Crippen molar-refractivity contribution in [1.29, 1.82) is 0 Å². The van der Waals surface area contributed by atoms with Gasteiger partial charge in [-0.3, -0.25) is 0 Å². The first-order chi connectivity index (χ1) is 7.18. The average Bonchev–Trinajstić information content (AvgIpc) is 2.67. The highest BCUT2D eigenvalue weighted by atomic mass is 16.5. The van der Waals surface area contributed by atoms with E-state index in [2.05, 4.69) is 26.1 Å². The fraction of sp³-hybridized carbons (Fsp3) is 1.00. The molecular formula is C13H27NO. The van der Waals surface area contributed by atoms with E-state index in [-0.39, 0.29) is 0 Å². The maximum Gasteiger partial charge on any atom is 0.0576 e. The molecular weight excluding hydrogens is 186 g/mol. The Morgan fingerprint density at radius 2 is 2.13 bits per heavy atom. The molecule has 0 amide bonds. The Morgan fingerprint density at radius 3 is 2.73 bits per heavy atom. The number of rotatable bonds is 7. The van der Waals surface area contributed by atoms with Crippen molar-refractivity contribution in [3.05, 3.63) is 0 Å². The molecule has 0 aromatic rings. The van der Waals surface area contributed by atoms with E-state index < -0.39 is 0 Å². The third-order valence-electron chi connectivity index (χ3n) is 3.12. The van der Waals surface area contributed by atoms with Gasteiger partial charge in [0.25, 0.3) is 0 Å². The summed E-state index contributed by atoms with van der Waals surface area (Å²) in [6.07, 6.45) is 7.07. The van der Waals surface area contributed by atoms with E-state index in [1.165, 1.54) is 32.1 Å². The van der Waals surface area contributed by atoms with E-state index in [9.17, 15) is 0 Å². The van der Waals surface area contributed by atoms with Crippen LogP contribution in [0.1, 0.15) is 52.9 Å². The van der Waals surface area contributed by atoms with Crippen LogP contribution in [0.2, 0.25) is 0 Å². The second-order valence-corrected chi connectivity index (χ2v) is 5.23. The molecule has 2 nitrogen and oxygen atoms in total. The maximum atomic E-state index is 5.62. The summed E-state index contributed by atoms with van der Waals surface area (Å²) < 4.78 is 5.62. The number of nitrogens with one attached hydrogen (secondary N) is 1. The van der Waals surface area contributed by atoms with E-state index in [0.29, 0.717) is 12.1 Å². The zero-order valence-corrected chi connectivity index (χ0v) is 10.6. The van der Waals surface area contributed by atoms with Gasteiger partial charge < -0.3 is 10.1 Å². The van der Waals surface area contributed by atoms with Crippen molar-refractivity contribution in [3.8, 4) is 0 Å². The molecule has 0 aromatic carbocycles. The van der Waals surface area contributed by atoms with Crippen LogP contribution in [0.25, 0.3) is 0 Å². The average molecular weight is 213 g/mol. The molecule has 0 radical (unpaired) electrons. The van der Waals surface area contributed by atoms with Gasteiger partial charge in [-0.15, -0.1) is 0 Å². The highest BCUT2D eigenvalue weighted by Crippen LogP contribution is 2.19.